The van der Waals surface area contributed by atoms with Gasteiger partial charge in [0.15, 0.2) is 30.0 Å². The van der Waals surface area contributed by atoms with Gasteiger partial charge >= 0.3 is 47.8 Å². The summed E-state index contributed by atoms with van der Waals surface area (Å²) >= 11 is 0. The summed E-state index contributed by atoms with van der Waals surface area (Å²) in [5.74, 6) is -10.8. The lowest BCUT2D eigenvalue weighted by Gasteiger charge is -2.67. The monoisotopic (exact) mass is 868 g/mol. The highest BCUT2D eigenvalue weighted by Crippen LogP contribution is 2.70. The zero-order valence-electron chi connectivity index (χ0n) is 35.3. The zero-order valence-corrected chi connectivity index (χ0v) is 35.3. The summed E-state index contributed by atoms with van der Waals surface area (Å²) in [6.45, 7) is 7.08. The van der Waals surface area contributed by atoms with Crippen LogP contribution >= 0.6 is 0 Å². The average molecular weight is 869 g/mol. The molecule has 20 heteroatoms. The molecule has 4 heterocycles. The number of rotatable bonds is 8. The molecule has 12 atom stereocenters. The molecular formula is C42H48N2O18. The summed E-state index contributed by atoms with van der Waals surface area (Å²) in [7, 11) is 0. The summed E-state index contributed by atoms with van der Waals surface area (Å²) in [6, 6.07) is 5.69. The minimum absolute atomic E-state index is 0.0174. The lowest BCUT2D eigenvalue weighted by molar-refractivity contribution is -0.386. The smallest absolute Gasteiger partial charge is 0.340 e. The van der Waals surface area contributed by atoms with E-state index in [4.69, 9.17) is 42.6 Å². The summed E-state index contributed by atoms with van der Waals surface area (Å²) < 4.78 is 55.2. The van der Waals surface area contributed by atoms with Crippen LogP contribution in [0, 0.1) is 17.3 Å². The van der Waals surface area contributed by atoms with Crippen molar-refractivity contribution in [2.24, 2.45) is 17.3 Å². The Morgan fingerprint density at radius 3 is 2.02 bits per heavy atom. The summed E-state index contributed by atoms with van der Waals surface area (Å²) in [5, 5.41) is 13.6. The van der Waals surface area contributed by atoms with Gasteiger partial charge in [0.05, 0.1) is 28.7 Å². The molecule has 2 aliphatic heterocycles. The number of pyridine rings is 2. The first-order chi connectivity index (χ1) is 29.1. The van der Waals surface area contributed by atoms with Gasteiger partial charge in [-0.15, -0.1) is 0 Å². The fourth-order valence-electron chi connectivity index (χ4n) is 9.64. The van der Waals surface area contributed by atoms with Gasteiger partial charge in [-0.3, -0.25) is 38.7 Å². The first-order valence-electron chi connectivity index (χ1n) is 19.8. The summed E-state index contributed by atoms with van der Waals surface area (Å²) in [6.07, 6.45) is -8.25. The molecular weight excluding hydrogens is 820 g/mol. The number of carbonyl (C=O) groups is 8. The molecule has 4 bridgehead atoms. The number of fused-ring (bicyclic) bond motifs is 5. The molecule has 20 nitrogen and oxygen atoms in total. The van der Waals surface area contributed by atoms with Gasteiger partial charge in [-0.1, -0.05) is 6.92 Å². The lowest BCUT2D eigenvalue weighted by Crippen LogP contribution is -2.89. The lowest BCUT2D eigenvalue weighted by atomic mass is 9.45. The standard InChI is InChI=1S/C42H48N2O18/c1-20-13-14-28-27(12-10-16-44-28)38(52)55-18-39(7)29-30(56-22(3)46)34(58-24(5)48)41(19-54-21(2)45)35(59-25(6)49)31(60-37(51)26-11-9-15-43-17-26)33(61-36(20)50)40(8,53)42(41,62-39)32(29)57-23(4)47/h9-12,15-17,20,29-35,53H,13-14,18-19H2,1-8H3/t20?,29-,30-,31+,32+,33+,34-,35+,39+,40+,41-,42?/m1/s1. The fraction of sp³-hybridized carbons (Fsp3) is 0.571. The Balaban J connectivity index is 1.77. The van der Waals surface area contributed by atoms with E-state index in [-0.39, 0.29) is 29.7 Å². The Labute approximate surface area is 355 Å². The fourth-order valence-corrected chi connectivity index (χ4v) is 9.64. The molecule has 1 spiro atoms. The molecule has 2 aromatic rings. The number of ether oxygens (including phenoxy) is 9. The van der Waals surface area contributed by atoms with Gasteiger partial charge in [0.2, 0.25) is 0 Å². The van der Waals surface area contributed by atoms with Crippen LogP contribution in [0.3, 0.4) is 0 Å². The third-order valence-electron chi connectivity index (χ3n) is 12.0. The molecule has 0 radical (unpaired) electrons. The van der Waals surface area contributed by atoms with Gasteiger partial charge < -0.3 is 47.7 Å². The van der Waals surface area contributed by atoms with Crippen LogP contribution in [0.5, 0.6) is 0 Å². The van der Waals surface area contributed by atoms with Crippen molar-refractivity contribution >= 4 is 47.8 Å². The number of hydrogen-bond donors (Lipinski definition) is 1. The number of cyclic esters (lactones) is 1. The van der Waals surface area contributed by atoms with Crippen LogP contribution in [0.4, 0.5) is 0 Å². The Morgan fingerprint density at radius 2 is 1.42 bits per heavy atom. The van der Waals surface area contributed by atoms with E-state index in [1.165, 1.54) is 50.5 Å². The molecule has 2 saturated carbocycles. The highest BCUT2D eigenvalue weighted by atomic mass is 16.7. The van der Waals surface area contributed by atoms with Crippen molar-refractivity contribution in [1.82, 2.24) is 9.97 Å². The quantitative estimate of drug-likeness (QED) is 0.291. The molecule has 6 rings (SSSR count). The third kappa shape index (κ3) is 7.73. The summed E-state index contributed by atoms with van der Waals surface area (Å²) in [5.41, 5.74) is -10.3. The van der Waals surface area contributed by atoms with Crippen molar-refractivity contribution in [3.63, 3.8) is 0 Å². The first-order valence-corrected chi connectivity index (χ1v) is 19.8. The van der Waals surface area contributed by atoms with Crippen molar-refractivity contribution in [2.45, 2.75) is 122 Å². The van der Waals surface area contributed by atoms with E-state index in [2.05, 4.69) is 9.97 Å². The minimum Gasteiger partial charge on any atom is -0.465 e. The SMILES string of the molecule is CC(=O)OC[C@]12[C@H](OC(C)=O)[C@H](OC(C)=O)[C@@H]3[C@H](OC(C)=O)C14O[C@@]3(C)COC(=O)c1cccnc1CCC(C)C(=O)O[C@@H]([C@H](OC(=O)c1cccnc1)[C@@H]2OC(C)=O)[C@]4(C)O. The molecule has 62 heavy (non-hydrogen) atoms. The van der Waals surface area contributed by atoms with E-state index in [9.17, 15) is 43.5 Å². The maximum Gasteiger partial charge on any atom is 0.340 e. The second-order valence-corrected chi connectivity index (χ2v) is 16.3. The van der Waals surface area contributed by atoms with Gasteiger partial charge in [-0.25, -0.2) is 9.59 Å². The molecule has 2 unspecified atom stereocenters. The molecule has 0 aromatic carbocycles. The highest BCUT2D eigenvalue weighted by molar-refractivity contribution is 5.91. The molecule has 0 amide bonds. The van der Waals surface area contributed by atoms with Crippen LogP contribution in [-0.2, 0) is 77.8 Å². The number of esters is 8. The van der Waals surface area contributed by atoms with Crippen LogP contribution < -0.4 is 0 Å². The number of hydrogen-bond acceptors (Lipinski definition) is 20. The second kappa shape index (κ2) is 17.0. The minimum atomic E-state index is -2.87. The van der Waals surface area contributed by atoms with Crippen molar-refractivity contribution in [3.05, 3.63) is 59.7 Å². The van der Waals surface area contributed by atoms with E-state index < -0.39 is 132 Å². The van der Waals surface area contributed by atoms with Crippen molar-refractivity contribution in [1.29, 1.82) is 0 Å². The Kier molecular flexibility index (Phi) is 12.5. The largest absolute Gasteiger partial charge is 0.465 e. The third-order valence-corrected chi connectivity index (χ3v) is 12.0. The molecule has 334 valence electrons. The molecule has 2 aromatic heterocycles. The second-order valence-electron chi connectivity index (χ2n) is 16.3. The van der Waals surface area contributed by atoms with Crippen LogP contribution in [0.15, 0.2) is 42.9 Å². The van der Waals surface area contributed by atoms with Gasteiger partial charge in [0.1, 0.15) is 42.0 Å². The number of aliphatic hydroxyl groups is 1. The number of carbonyl (C=O) groups excluding carboxylic acids is 8. The van der Waals surface area contributed by atoms with E-state index >= 15 is 0 Å². The maximum absolute atomic E-state index is 14.4. The predicted octanol–water partition coefficient (Wildman–Crippen LogP) is 1.55. The Hall–Kier alpha value is -6.02. The number of aromatic nitrogens is 2. The van der Waals surface area contributed by atoms with Crippen LogP contribution in [0.2, 0.25) is 0 Å². The topological polar surface area (TPSA) is 266 Å². The normalized spacial score (nSPS) is 35.0. The van der Waals surface area contributed by atoms with Crippen LogP contribution in [0.1, 0.15) is 88.2 Å². The average Bonchev–Trinajstić information content (AvgIpc) is 3.41. The first kappa shape index (κ1) is 45.5. The molecule has 2 aliphatic carbocycles. The van der Waals surface area contributed by atoms with Gasteiger partial charge in [-0.2, -0.15) is 0 Å². The van der Waals surface area contributed by atoms with Gasteiger partial charge in [0.25, 0.3) is 0 Å². The van der Waals surface area contributed by atoms with Gasteiger partial charge in [-0.05, 0) is 51.0 Å². The molecule has 1 saturated heterocycles. The zero-order chi connectivity index (χ0) is 45.5. The Bertz CT molecular complexity index is 2140. The van der Waals surface area contributed by atoms with Crippen LogP contribution in [-0.4, -0.2) is 129 Å². The predicted molar refractivity (Wildman–Crippen MR) is 203 cm³/mol. The summed E-state index contributed by atoms with van der Waals surface area (Å²) in [4.78, 5) is 117. The van der Waals surface area contributed by atoms with E-state index in [0.717, 1.165) is 47.7 Å². The molecule has 4 aliphatic rings. The Morgan fingerprint density at radius 1 is 0.806 bits per heavy atom. The van der Waals surface area contributed by atoms with Crippen molar-refractivity contribution in [3.8, 4) is 0 Å². The van der Waals surface area contributed by atoms with Crippen LogP contribution in [0.25, 0.3) is 0 Å². The number of aryl methyl sites for hydroxylation is 1. The number of nitrogens with zero attached hydrogens (tertiary/aromatic N) is 2. The van der Waals surface area contributed by atoms with E-state index in [1.54, 1.807) is 0 Å². The van der Waals surface area contributed by atoms with E-state index in [1.807, 2.05) is 0 Å². The van der Waals surface area contributed by atoms with Crippen molar-refractivity contribution < 1.29 is 86.1 Å². The highest BCUT2D eigenvalue weighted by Gasteiger charge is 2.92. The molecule has 3 fully saturated rings. The van der Waals surface area contributed by atoms with E-state index in [0.29, 0.717) is 0 Å². The van der Waals surface area contributed by atoms with Crippen molar-refractivity contribution in [2.75, 3.05) is 13.2 Å². The van der Waals surface area contributed by atoms with Gasteiger partial charge in [0, 0.05) is 53.2 Å². The maximum atomic E-state index is 14.4. The molecule has 1 N–H and O–H groups in total.